The van der Waals surface area contributed by atoms with E-state index in [2.05, 4.69) is 5.32 Å². The molecule has 0 aliphatic carbocycles. The van der Waals surface area contributed by atoms with Crippen molar-refractivity contribution in [3.05, 3.63) is 21.3 Å². The van der Waals surface area contributed by atoms with Crippen molar-refractivity contribution in [1.29, 1.82) is 0 Å². The molecule has 0 aliphatic heterocycles. The van der Waals surface area contributed by atoms with E-state index in [0.717, 1.165) is 4.88 Å². The summed E-state index contributed by atoms with van der Waals surface area (Å²) in [6.45, 7) is 3.32. The summed E-state index contributed by atoms with van der Waals surface area (Å²) in [4.78, 5) is 0.975. The fourth-order valence-corrected chi connectivity index (χ4v) is 2.18. The van der Waals surface area contributed by atoms with Gasteiger partial charge in [-0.05, 0) is 26.0 Å². The van der Waals surface area contributed by atoms with E-state index in [1.165, 1.54) is 18.3 Å². The molecule has 1 heterocycles. The van der Waals surface area contributed by atoms with E-state index in [1.54, 1.807) is 6.07 Å². The third kappa shape index (κ3) is 3.19. The first-order valence-corrected chi connectivity index (χ1v) is 5.49. The van der Waals surface area contributed by atoms with Crippen molar-refractivity contribution < 1.29 is 8.78 Å². The number of hydrogen-bond acceptors (Lipinski definition) is 2. The van der Waals surface area contributed by atoms with Crippen LogP contribution in [0.1, 0.15) is 24.8 Å². The third-order valence-corrected chi connectivity index (χ3v) is 3.33. The molecule has 1 N–H and O–H groups in total. The minimum Gasteiger partial charge on any atom is -0.302 e. The molecule has 1 nitrogen and oxygen atoms in total. The van der Waals surface area contributed by atoms with Crippen molar-refractivity contribution in [1.82, 2.24) is 5.32 Å². The van der Waals surface area contributed by atoms with Crippen LogP contribution in [0.3, 0.4) is 0 Å². The predicted octanol–water partition coefficient (Wildman–Crippen LogP) is 3.71. The monoisotopic (exact) mass is 239 g/mol. The lowest BCUT2D eigenvalue weighted by Crippen LogP contribution is -2.34. The average Bonchev–Trinajstić information content (AvgIpc) is 2.51. The molecule has 5 heteroatoms. The number of thiophene rings is 1. The normalized spacial score (nSPS) is 15.9. The Morgan fingerprint density at radius 2 is 2.00 bits per heavy atom. The van der Waals surface area contributed by atoms with Crippen LogP contribution >= 0.6 is 22.9 Å². The Morgan fingerprint density at radius 1 is 1.36 bits per heavy atom. The topological polar surface area (TPSA) is 12.0 Å². The van der Waals surface area contributed by atoms with Crippen molar-refractivity contribution in [2.75, 3.05) is 0 Å². The van der Waals surface area contributed by atoms with Gasteiger partial charge in [0, 0.05) is 10.9 Å². The van der Waals surface area contributed by atoms with Gasteiger partial charge in [0.1, 0.15) is 0 Å². The van der Waals surface area contributed by atoms with Crippen LogP contribution in [0.25, 0.3) is 0 Å². The van der Waals surface area contributed by atoms with Crippen molar-refractivity contribution in [2.24, 2.45) is 0 Å². The van der Waals surface area contributed by atoms with Crippen LogP contribution in [0.5, 0.6) is 0 Å². The second-order valence-corrected chi connectivity index (χ2v) is 4.90. The number of halogens is 3. The van der Waals surface area contributed by atoms with E-state index in [-0.39, 0.29) is 6.04 Å². The highest BCUT2D eigenvalue weighted by Gasteiger charge is 2.18. The van der Waals surface area contributed by atoms with Crippen molar-refractivity contribution in [2.45, 2.75) is 32.4 Å². The van der Waals surface area contributed by atoms with E-state index in [1.807, 2.05) is 13.0 Å². The van der Waals surface area contributed by atoms with Gasteiger partial charge in [-0.15, -0.1) is 11.3 Å². The Balaban J connectivity index is 2.54. The molecule has 1 aromatic rings. The Morgan fingerprint density at radius 3 is 2.43 bits per heavy atom. The van der Waals surface area contributed by atoms with Gasteiger partial charge in [-0.3, -0.25) is 0 Å². The van der Waals surface area contributed by atoms with Gasteiger partial charge in [-0.1, -0.05) is 11.6 Å². The minimum absolute atomic E-state index is 0.0866. The lowest BCUT2D eigenvalue weighted by Gasteiger charge is -2.18. The molecule has 0 spiro atoms. The van der Waals surface area contributed by atoms with Crippen LogP contribution in [0.4, 0.5) is 8.78 Å². The summed E-state index contributed by atoms with van der Waals surface area (Å²) in [7, 11) is 0. The quantitative estimate of drug-likeness (QED) is 0.845. The number of alkyl halides is 2. The van der Waals surface area contributed by atoms with Gasteiger partial charge in [0.2, 0.25) is 0 Å². The standard InChI is InChI=1S/C9H12ClF2NS/c1-5(13-6(2)9(11)12)7-3-4-8(10)14-7/h3-6,9,13H,1-2H3. The van der Waals surface area contributed by atoms with E-state index < -0.39 is 12.5 Å². The number of hydrogen-bond donors (Lipinski definition) is 1. The Bertz CT molecular complexity index is 290. The molecule has 0 bridgehead atoms. The zero-order valence-electron chi connectivity index (χ0n) is 7.93. The van der Waals surface area contributed by atoms with Crippen LogP contribution in [-0.2, 0) is 0 Å². The van der Waals surface area contributed by atoms with Gasteiger partial charge in [0.05, 0.1) is 10.4 Å². The summed E-state index contributed by atoms with van der Waals surface area (Å²) in [5.41, 5.74) is 0. The first-order valence-electron chi connectivity index (χ1n) is 4.30. The van der Waals surface area contributed by atoms with Crippen LogP contribution in [0.2, 0.25) is 4.34 Å². The smallest absolute Gasteiger partial charge is 0.253 e. The average molecular weight is 240 g/mol. The fourth-order valence-electron chi connectivity index (χ4n) is 1.11. The van der Waals surface area contributed by atoms with Crippen LogP contribution in [-0.4, -0.2) is 12.5 Å². The highest BCUT2D eigenvalue weighted by atomic mass is 35.5. The second-order valence-electron chi connectivity index (χ2n) is 3.15. The van der Waals surface area contributed by atoms with Crippen LogP contribution in [0.15, 0.2) is 12.1 Å². The number of rotatable bonds is 4. The molecule has 0 aromatic carbocycles. The van der Waals surface area contributed by atoms with Gasteiger partial charge in [0.25, 0.3) is 6.43 Å². The lowest BCUT2D eigenvalue weighted by atomic mass is 10.2. The summed E-state index contributed by atoms with van der Waals surface area (Å²) in [6, 6.07) is 2.73. The molecule has 0 fully saturated rings. The largest absolute Gasteiger partial charge is 0.302 e. The highest BCUT2D eigenvalue weighted by molar-refractivity contribution is 7.16. The third-order valence-electron chi connectivity index (χ3n) is 1.91. The van der Waals surface area contributed by atoms with Crippen molar-refractivity contribution in [3.63, 3.8) is 0 Å². The molecule has 0 saturated carbocycles. The molecular weight excluding hydrogens is 228 g/mol. The Kier molecular flexibility index (Phi) is 4.29. The summed E-state index contributed by atoms with van der Waals surface area (Å²) in [5.74, 6) is 0. The van der Waals surface area contributed by atoms with Crippen molar-refractivity contribution in [3.8, 4) is 0 Å². The van der Waals surface area contributed by atoms with Gasteiger partial charge in [0.15, 0.2) is 0 Å². The van der Waals surface area contributed by atoms with Crippen LogP contribution < -0.4 is 5.32 Å². The molecule has 2 unspecified atom stereocenters. The summed E-state index contributed by atoms with van der Waals surface area (Å²) < 4.78 is 25.1. The van der Waals surface area contributed by atoms with Gasteiger partial charge >= 0.3 is 0 Å². The molecule has 0 aliphatic rings. The predicted molar refractivity (Wildman–Crippen MR) is 56.3 cm³/mol. The SMILES string of the molecule is CC(NC(C)C(F)F)c1ccc(Cl)s1. The molecule has 80 valence electrons. The number of nitrogens with one attached hydrogen (secondary N) is 1. The maximum absolute atomic E-state index is 12.2. The zero-order chi connectivity index (χ0) is 10.7. The van der Waals surface area contributed by atoms with E-state index in [4.69, 9.17) is 11.6 Å². The molecule has 0 amide bonds. The summed E-state index contributed by atoms with van der Waals surface area (Å²) in [5, 5.41) is 2.81. The maximum atomic E-state index is 12.2. The molecule has 2 atom stereocenters. The molecular formula is C9H12ClF2NS. The van der Waals surface area contributed by atoms with E-state index in [9.17, 15) is 8.78 Å². The second kappa shape index (κ2) is 5.05. The molecule has 1 rings (SSSR count). The first kappa shape index (κ1) is 11.9. The zero-order valence-corrected chi connectivity index (χ0v) is 9.50. The van der Waals surface area contributed by atoms with Crippen LogP contribution in [0, 0.1) is 0 Å². The molecule has 14 heavy (non-hydrogen) atoms. The summed E-state index contributed by atoms with van der Waals surface area (Å²) in [6.07, 6.45) is -2.34. The van der Waals surface area contributed by atoms with Crippen molar-refractivity contribution >= 4 is 22.9 Å². The molecule has 0 radical (unpaired) electrons. The van der Waals surface area contributed by atoms with Gasteiger partial charge < -0.3 is 5.32 Å². The summed E-state index contributed by atoms with van der Waals surface area (Å²) >= 11 is 7.15. The maximum Gasteiger partial charge on any atom is 0.253 e. The fraction of sp³-hybridized carbons (Fsp3) is 0.556. The van der Waals surface area contributed by atoms with E-state index >= 15 is 0 Å². The first-order chi connectivity index (χ1) is 6.50. The molecule has 0 saturated heterocycles. The van der Waals surface area contributed by atoms with Gasteiger partial charge in [-0.25, -0.2) is 8.78 Å². The lowest BCUT2D eigenvalue weighted by molar-refractivity contribution is 0.101. The Hall–Kier alpha value is -0.190. The van der Waals surface area contributed by atoms with Gasteiger partial charge in [-0.2, -0.15) is 0 Å². The minimum atomic E-state index is -2.34. The Labute approximate surface area is 91.1 Å². The van der Waals surface area contributed by atoms with E-state index in [0.29, 0.717) is 4.34 Å². The molecule has 1 aromatic heterocycles. The highest BCUT2D eigenvalue weighted by Crippen LogP contribution is 2.27.